The predicted molar refractivity (Wildman–Crippen MR) is 131 cm³/mol. The number of anilines is 3. The minimum absolute atomic E-state index is 0.308. The summed E-state index contributed by atoms with van der Waals surface area (Å²) in [6.45, 7) is 4.11. The van der Waals surface area contributed by atoms with Gasteiger partial charge < -0.3 is 20.3 Å². The zero-order valence-corrected chi connectivity index (χ0v) is 19.1. The zero-order valence-electron chi connectivity index (χ0n) is 17.5. The lowest BCUT2D eigenvalue weighted by Crippen LogP contribution is -2.20. The Morgan fingerprint density at radius 2 is 1.73 bits per heavy atom. The molecule has 0 saturated heterocycles. The fourth-order valence-corrected chi connectivity index (χ4v) is 4.44. The van der Waals surface area contributed by atoms with E-state index in [1.807, 2.05) is 80.5 Å². The molecule has 3 aromatic rings. The summed E-state index contributed by atoms with van der Waals surface area (Å²) in [6, 6.07) is 17.8. The number of carbonyl (C=O) groups excluding carboxylic acids is 1. The normalized spacial score (nSPS) is 10.4. The van der Waals surface area contributed by atoms with Crippen LogP contribution < -0.4 is 15.5 Å². The van der Waals surface area contributed by atoms with Gasteiger partial charge in [-0.1, -0.05) is 30.3 Å². The van der Waals surface area contributed by atoms with Crippen LogP contribution in [0.5, 0.6) is 0 Å². The molecule has 0 spiro atoms. The van der Waals surface area contributed by atoms with E-state index in [2.05, 4.69) is 10.6 Å². The van der Waals surface area contributed by atoms with Crippen LogP contribution in [0.1, 0.15) is 22.2 Å². The lowest BCUT2D eigenvalue weighted by molar-refractivity contribution is 0.0529. The maximum atomic E-state index is 12.8. The molecule has 3 rings (SSSR count). The average molecular weight is 440 g/mol. The molecule has 0 aliphatic rings. The number of hydrogen-bond donors (Lipinski definition) is 2. The number of benzene rings is 2. The van der Waals surface area contributed by atoms with Gasteiger partial charge in [0.1, 0.15) is 10.6 Å². The van der Waals surface area contributed by atoms with Crippen LogP contribution in [0, 0.1) is 6.92 Å². The number of hydrogen-bond acceptors (Lipinski definition) is 5. The van der Waals surface area contributed by atoms with Gasteiger partial charge in [-0.25, -0.2) is 4.79 Å². The predicted octanol–water partition coefficient (Wildman–Crippen LogP) is 5.78. The SMILES string of the molecule is CCOC(=O)c1c(NC(=S)Nc2ccc(N(C)C)cc2)sc(C)c1-c1ccccc1. The highest BCUT2D eigenvalue weighted by Gasteiger charge is 2.24. The number of nitrogens with one attached hydrogen (secondary N) is 2. The summed E-state index contributed by atoms with van der Waals surface area (Å²) in [6.07, 6.45) is 0. The molecule has 0 fully saturated rings. The molecule has 2 N–H and O–H groups in total. The van der Waals surface area contributed by atoms with Gasteiger partial charge in [0.15, 0.2) is 5.11 Å². The van der Waals surface area contributed by atoms with Crippen molar-refractivity contribution in [3.63, 3.8) is 0 Å². The van der Waals surface area contributed by atoms with E-state index in [1.54, 1.807) is 6.92 Å². The van der Waals surface area contributed by atoms with Gasteiger partial charge in [0.2, 0.25) is 0 Å². The Bertz CT molecular complexity index is 1030. The third-order valence-corrected chi connectivity index (χ3v) is 5.72. The first-order valence-electron chi connectivity index (χ1n) is 9.62. The van der Waals surface area contributed by atoms with Crippen molar-refractivity contribution in [2.45, 2.75) is 13.8 Å². The maximum Gasteiger partial charge on any atom is 0.341 e. The first kappa shape index (κ1) is 21.8. The van der Waals surface area contributed by atoms with E-state index in [9.17, 15) is 4.79 Å². The molecule has 0 amide bonds. The van der Waals surface area contributed by atoms with Crippen molar-refractivity contribution in [2.24, 2.45) is 0 Å². The molecule has 5 nitrogen and oxygen atoms in total. The molecule has 7 heteroatoms. The summed E-state index contributed by atoms with van der Waals surface area (Å²) in [5.74, 6) is -0.360. The van der Waals surface area contributed by atoms with E-state index in [1.165, 1.54) is 11.3 Å². The van der Waals surface area contributed by atoms with E-state index in [0.717, 1.165) is 27.4 Å². The lowest BCUT2D eigenvalue weighted by atomic mass is 10.0. The highest BCUT2D eigenvalue weighted by atomic mass is 32.1. The summed E-state index contributed by atoms with van der Waals surface area (Å²) in [7, 11) is 3.99. The van der Waals surface area contributed by atoms with Gasteiger partial charge in [-0.2, -0.15) is 0 Å². The number of carbonyl (C=O) groups is 1. The van der Waals surface area contributed by atoms with Crippen molar-refractivity contribution in [3.8, 4) is 11.1 Å². The van der Waals surface area contributed by atoms with Gasteiger partial charge in [0, 0.05) is 35.9 Å². The van der Waals surface area contributed by atoms with Crippen LogP contribution >= 0.6 is 23.6 Å². The molecule has 0 aliphatic carbocycles. The van der Waals surface area contributed by atoms with Gasteiger partial charge in [0.05, 0.1) is 6.61 Å². The molecule has 0 bridgehead atoms. The second-order valence-corrected chi connectivity index (χ2v) is 8.48. The average Bonchev–Trinajstić information content (AvgIpc) is 3.04. The Kier molecular flexibility index (Phi) is 7.07. The highest BCUT2D eigenvalue weighted by Crippen LogP contribution is 2.40. The molecule has 156 valence electrons. The quantitative estimate of drug-likeness (QED) is 0.375. The molecule has 0 saturated carbocycles. The molecule has 0 atom stereocenters. The van der Waals surface area contributed by atoms with Gasteiger partial charge >= 0.3 is 5.97 Å². The highest BCUT2D eigenvalue weighted by molar-refractivity contribution is 7.80. The van der Waals surface area contributed by atoms with Gasteiger partial charge in [-0.05, 0) is 55.9 Å². The minimum atomic E-state index is -0.360. The molecule has 30 heavy (non-hydrogen) atoms. The summed E-state index contributed by atoms with van der Waals surface area (Å²) in [5.41, 5.74) is 4.33. The van der Waals surface area contributed by atoms with Crippen LogP contribution in [0.3, 0.4) is 0 Å². The first-order valence-corrected chi connectivity index (χ1v) is 10.8. The maximum absolute atomic E-state index is 12.8. The van der Waals surface area contributed by atoms with E-state index in [-0.39, 0.29) is 5.97 Å². The minimum Gasteiger partial charge on any atom is -0.462 e. The zero-order chi connectivity index (χ0) is 21.7. The fraction of sp³-hybridized carbons (Fsp3) is 0.217. The second-order valence-electron chi connectivity index (χ2n) is 6.84. The number of thiophene rings is 1. The largest absolute Gasteiger partial charge is 0.462 e. The number of nitrogens with zero attached hydrogens (tertiary/aromatic N) is 1. The van der Waals surface area contributed by atoms with Crippen molar-refractivity contribution in [1.82, 2.24) is 0 Å². The summed E-state index contributed by atoms with van der Waals surface area (Å²) in [5, 5.41) is 7.46. The Hall–Kier alpha value is -2.90. The molecule has 0 radical (unpaired) electrons. The van der Waals surface area contributed by atoms with Crippen molar-refractivity contribution in [1.29, 1.82) is 0 Å². The number of ether oxygens (including phenoxy) is 1. The molecule has 1 heterocycles. The van der Waals surface area contributed by atoms with Gasteiger partial charge in [-0.15, -0.1) is 11.3 Å². The molecule has 2 aromatic carbocycles. The Morgan fingerprint density at radius 3 is 2.33 bits per heavy atom. The van der Waals surface area contributed by atoms with Crippen LogP contribution in [0.15, 0.2) is 54.6 Å². The van der Waals surface area contributed by atoms with Crippen LogP contribution in [0.4, 0.5) is 16.4 Å². The number of thiocarbonyl (C=S) groups is 1. The van der Waals surface area contributed by atoms with E-state index >= 15 is 0 Å². The van der Waals surface area contributed by atoms with Gasteiger partial charge in [-0.3, -0.25) is 0 Å². The molecular formula is C23H25N3O2S2. The number of rotatable bonds is 6. The molecule has 0 aliphatic heterocycles. The number of esters is 1. The van der Waals surface area contributed by atoms with Crippen molar-refractivity contribution in [2.75, 3.05) is 36.2 Å². The summed E-state index contributed by atoms with van der Waals surface area (Å²) < 4.78 is 5.34. The first-order chi connectivity index (χ1) is 14.4. The van der Waals surface area contributed by atoms with E-state index in [4.69, 9.17) is 17.0 Å². The molecular weight excluding hydrogens is 414 g/mol. The third-order valence-electron chi connectivity index (χ3n) is 4.49. The van der Waals surface area contributed by atoms with Crippen LogP contribution in [-0.4, -0.2) is 31.8 Å². The van der Waals surface area contributed by atoms with E-state index < -0.39 is 0 Å². The Labute approximate surface area is 186 Å². The monoisotopic (exact) mass is 439 g/mol. The smallest absolute Gasteiger partial charge is 0.341 e. The van der Waals surface area contributed by atoms with Crippen LogP contribution in [0.2, 0.25) is 0 Å². The standard InChI is InChI=1S/C23H25N3O2S2/c1-5-28-22(27)20-19(16-9-7-6-8-10-16)15(2)30-21(20)25-23(29)24-17-11-13-18(14-12-17)26(3)4/h6-14H,5H2,1-4H3,(H2,24,25,29). The fourth-order valence-electron chi connectivity index (χ4n) is 3.09. The van der Waals surface area contributed by atoms with Crippen LogP contribution in [0.25, 0.3) is 11.1 Å². The number of aryl methyl sites for hydroxylation is 1. The second kappa shape index (κ2) is 9.73. The topological polar surface area (TPSA) is 53.6 Å². The van der Waals surface area contributed by atoms with Gasteiger partial charge in [0.25, 0.3) is 0 Å². The van der Waals surface area contributed by atoms with Crippen molar-refractivity contribution < 1.29 is 9.53 Å². The molecule has 1 aromatic heterocycles. The molecule has 0 unspecified atom stereocenters. The Morgan fingerprint density at radius 1 is 1.07 bits per heavy atom. The van der Waals surface area contributed by atoms with E-state index in [0.29, 0.717) is 22.3 Å². The van der Waals surface area contributed by atoms with Crippen LogP contribution in [-0.2, 0) is 4.74 Å². The summed E-state index contributed by atoms with van der Waals surface area (Å²) in [4.78, 5) is 15.8. The van der Waals surface area contributed by atoms with Crippen molar-refractivity contribution in [3.05, 3.63) is 65.0 Å². The third kappa shape index (κ3) is 4.98. The van der Waals surface area contributed by atoms with Crippen molar-refractivity contribution >= 4 is 51.0 Å². The lowest BCUT2D eigenvalue weighted by Gasteiger charge is -2.14. The summed E-state index contributed by atoms with van der Waals surface area (Å²) >= 11 is 6.99. The Balaban J connectivity index is 1.87.